The summed E-state index contributed by atoms with van der Waals surface area (Å²) in [6.07, 6.45) is 5.84. The first kappa shape index (κ1) is 18.7. The van der Waals surface area contributed by atoms with Crippen LogP contribution in [0.15, 0.2) is 0 Å². The molecule has 1 saturated carbocycles. The molecule has 0 aromatic carbocycles. The van der Waals surface area contributed by atoms with Crippen molar-refractivity contribution < 1.29 is 14.4 Å². The van der Waals surface area contributed by atoms with Crippen LogP contribution in [0.4, 0.5) is 4.79 Å². The fraction of sp³-hybridized carbons (Fsp3) is 0.833. The van der Waals surface area contributed by atoms with Crippen LogP contribution in [0.3, 0.4) is 0 Å². The van der Waals surface area contributed by atoms with E-state index in [-0.39, 0.29) is 24.4 Å². The standard InChI is InChI=1S/C18H31N3O3/c1-12(2)9-10-18(4)16(23)21(17(24)20-18)11-15(22)19-14-8-6-5-7-13(14)3/h12-14H,5-11H2,1-4H3,(H,19,22)(H,20,24)/t13-,14-,18-/m0/s1. The van der Waals surface area contributed by atoms with Crippen molar-refractivity contribution in [1.29, 1.82) is 0 Å². The number of amides is 4. The Bertz CT molecular complexity index is 506. The molecule has 2 N–H and O–H groups in total. The predicted molar refractivity (Wildman–Crippen MR) is 92.3 cm³/mol. The summed E-state index contributed by atoms with van der Waals surface area (Å²) in [6.45, 7) is 7.87. The molecule has 0 aromatic heterocycles. The predicted octanol–water partition coefficient (Wildman–Crippen LogP) is 2.43. The Labute approximate surface area is 144 Å². The molecule has 2 fully saturated rings. The van der Waals surface area contributed by atoms with Crippen molar-refractivity contribution in [2.45, 2.75) is 77.8 Å². The van der Waals surface area contributed by atoms with E-state index in [0.29, 0.717) is 18.3 Å². The van der Waals surface area contributed by atoms with E-state index >= 15 is 0 Å². The quantitative estimate of drug-likeness (QED) is 0.731. The number of imide groups is 1. The number of urea groups is 1. The number of carbonyl (C=O) groups is 3. The highest BCUT2D eigenvalue weighted by atomic mass is 16.2. The summed E-state index contributed by atoms with van der Waals surface area (Å²) in [4.78, 5) is 38.1. The summed E-state index contributed by atoms with van der Waals surface area (Å²) < 4.78 is 0. The van der Waals surface area contributed by atoms with E-state index in [1.165, 1.54) is 6.42 Å². The first-order valence-corrected chi connectivity index (χ1v) is 9.16. The highest BCUT2D eigenvalue weighted by Gasteiger charge is 2.47. The zero-order valence-electron chi connectivity index (χ0n) is 15.4. The zero-order chi connectivity index (χ0) is 17.9. The van der Waals surface area contributed by atoms with Crippen molar-refractivity contribution in [2.24, 2.45) is 11.8 Å². The Morgan fingerprint density at radius 1 is 1.33 bits per heavy atom. The summed E-state index contributed by atoms with van der Waals surface area (Å²) >= 11 is 0. The molecule has 3 atom stereocenters. The van der Waals surface area contributed by atoms with Gasteiger partial charge in [0.15, 0.2) is 0 Å². The largest absolute Gasteiger partial charge is 0.352 e. The van der Waals surface area contributed by atoms with Gasteiger partial charge in [0.25, 0.3) is 5.91 Å². The van der Waals surface area contributed by atoms with Crippen LogP contribution in [0, 0.1) is 11.8 Å². The molecule has 1 aliphatic carbocycles. The topological polar surface area (TPSA) is 78.5 Å². The smallest absolute Gasteiger partial charge is 0.325 e. The number of hydrogen-bond donors (Lipinski definition) is 2. The van der Waals surface area contributed by atoms with Crippen molar-refractivity contribution >= 4 is 17.8 Å². The van der Waals surface area contributed by atoms with Gasteiger partial charge in [0.2, 0.25) is 5.91 Å². The summed E-state index contributed by atoms with van der Waals surface area (Å²) in [5.74, 6) is 0.365. The van der Waals surface area contributed by atoms with Gasteiger partial charge in [0.1, 0.15) is 12.1 Å². The zero-order valence-corrected chi connectivity index (χ0v) is 15.4. The average Bonchev–Trinajstić information content (AvgIpc) is 2.72. The molecule has 1 aliphatic heterocycles. The van der Waals surface area contributed by atoms with Crippen molar-refractivity contribution in [3.8, 4) is 0 Å². The van der Waals surface area contributed by atoms with Crippen LogP contribution in [0.5, 0.6) is 0 Å². The van der Waals surface area contributed by atoms with Gasteiger partial charge < -0.3 is 10.6 Å². The molecule has 0 aromatic rings. The Kier molecular flexibility index (Phi) is 5.88. The molecule has 6 nitrogen and oxygen atoms in total. The van der Waals surface area contributed by atoms with Gasteiger partial charge in [-0.1, -0.05) is 33.6 Å². The Morgan fingerprint density at radius 3 is 2.62 bits per heavy atom. The lowest BCUT2D eigenvalue weighted by atomic mass is 9.86. The summed E-state index contributed by atoms with van der Waals surface area (Å²) in [5, 5.41) is 5.76. The number of nitrogens with zero attached hydrogens (tertiary/aromatic N) is 1. The Hall–Kier alpha value is -1.59. The van der Waals surface area contributed by atoms with Gasteiger partial charge in [-0.15, -0.1) is 0 Å². The SMILES string of the molecule is CC(C)CC[C@]1(C)NC(=O)N(CC(=O)N[C@H]2CCCC[C@@H]2C)C1=O. The maximum absolute atomic E-state index is 12.6. The monoisotopic (exact) mass is 337 g/mol. The third-order valence-corrected chi connectivity index (χ3v) is 5.33. The lowest BCUT2D eigenvalue weighted by molar-refractivity contribution is -0.135. The minimum Gasteiger partial charge on any atom is -0.352 e. The first-order valence-electron chi connectivity index (χ1n) is 9.16. The average molecular weight is 337 g/mol. The van der Waals surface area contributed by atoms with Crippen molar-refractivity contribution in [3.63, 3.8) is 0 Å². The third-order valence-electron chi connectivity index (χ3n) is 5.33. The second-order valence-electron chi connectivity index (χ2n) is 8.02. The van der Waals surface area contributed by atoms with Gasteiger partial charge >= 0.3 is 6.03 Å². The fourth-order valence-electron chi connectivity index (χ4n) is 3.56. The van der Waals surface area contributed by atoms with Crippen LogP contribution in [0.1, 0.15) is 66.2 Å². The maximum Gasteiger partial charge on any atom is 0.325 e. The molecular formula is C18H31N3O3. The fourth-order valence-corrected chi connectivity index (χ4v) is 3.56. The lowest BCUT2D eigenvalue weighted by Crippen LogP contribution is -2.48. The van der Waals surface area contributed by atoms with E-state index in [2.05, 4.69) is 31.4 Å². The van der Waals surface area contributed by atoms with E-state index in [0.717, 1.165) is 30.6 Å². The number of nitrogens with one attached hydrogen (secondary N) is 2. The van der Waals surface area contributed by atoms with Gasteiger partial charge in [-0.2, -0.15) is 0 Å². The normalized spacial score (nSPS) is 30.6. The third kappa shape index (κ3) is 4.28. The maximum atomic E-state index is 12.6. The number of rotatable bonds is 6. The van der Waals surface area contributed by atoms with Crippen LogP contribution >= 0.6 is 0 Å². The van der Waals surface area contributed by atoms with Crippen LogP contribution in [-0.4, -0.2) is 40.9 Å². The second-order valence-corrected chi connectivity index (χ2v) is 8.02. The van der Waals surface area contributed by atoms with Crippen LogP contribution in [0.25, 0.3) is 0 Å². The molecule has 2 aliphatic rings. The molecule has 2 rings (SSSR count). The van der Waals surface area contributed by atoms with E-state index < -0.39 is 11.6 Å². The van der Waals surface area contributed by atoms with Gasteiger partial charge in [0, 0.05) is 6.04 Å². The molecule has 4 amide bonds. The molecular weight excluding hydrogens is 306 g/mol. The molecule has 136 valence electrons. The van der Waals surface area contributed by atoms with Crippen molar-refractivity contribution in [3.05, 3.63) is 0 Å². The number of hydrogen-bond acceptors (Lipinski definition) is 3. The first-order chi connectivity index (χ1) is 11.2. The molecule has 24 heavy (non-hydrogen) atoms. The lowest BCUT2D eigenvalue weighted by Gasteiger charge is -2.30. The van der Waals surface area contributed by atoms with Crippen LogP contribution < -0.4 is 10.6 Å². The van der Waals surface area contributed by atoms with Crippen molar-refractivity contribution in [2.75, 3.05) is 6.54 Å². The molecule has 1 saturated heterocycles. The van der Waals surface area contributed by atoms with E-state index in [9.17, 15) is 14.4 Å². The van der Waals surface area contributed by atoms with E-state index in [4.69, 9.17) is 0 Å². The van der Waals surface area contributed by atoms with Gasteiger partial charge in [-0.3, -0.25) is 14.5 Å². The minimum atomic E-state index is -0.889. The molecule has 0 bridgehead atoms. The van der Waals surface area contributed by atoms with Crippen LogP contribution in [-0.2, 0) is 9.59 Å². The van der Waals surface area contributed by atoms with E-state index in [1.54, 1.807) is 6.92 Å². The van der Waals surface area contributed by atoms with Gasteiger partial charge in [-0.05, 0) is 44.4 Å². The highest BCUT2D eigenvalue weighted by Crippen LogP contribution is 2.25. The Morgan fingerprint density at radius 2 is 2.00 bits per heavy atom. The Balaban J connectivity index is 1.92. The molecule has 0 unspecified atom stereocenters. The minimum absolute atomic E-state index is 0.152. The molecule has 0 spiro atoms. The summed E-state index contributed by atoms with van der Waals surface area (Å²) in [5.41, 5.74) is -0.889. The van der Waals surface area contributed by atoms with Crippen molar-refractivity contribution in [1.82, 2.24) is 15.5 Å². The summed E-state index contributed by atoms with van der Waals surface area (Å²) in [7, 11) is 0. The highest BCUT2D eigenvalue weighted by molar-refractivity contribution is 6.08. The number of carbonyl (C=O) groups excluding carboxylic acids is 3. The molecule has 1 heterocycles. The van der Waals surface area contributed by atoms with Crippen LogP contribution in [0.2, 0.25) is 0 Å². The molecule has 6 heteroatoms. The van der Waals surface area contributed by atoms with Gasteiger partial charge in [-0.25, -0.2) is 4.79 Å². The molecule has 0 radical (unpaired) electrons. The van der Waals surface area contributed by atoms with E-state index in [1.807, 2.05) is 0 Å². The second kappa shape index (κ2) is 7.53. The summed E-state index contributed by atoms with van der Waals surface area (Å²) in [6, 6.07) is -0.308. The van der Waals surface area contributed by atoms with Gasteiger partial charge in [0.05, 0.1) is 0 Å².